The summed E-state index contributed by atoms with van der Waals surface area (Å²) in [6.45, 7) is 15.2. The maximum atomic E-state index is 9.76. The zero-order valence-corrected chi connectivity index (χ0v) is 31.3. The Morgan fingerprint density at radius 2 is 1.49 bits per heavy atom. The number of furan rings is 1. The van der Waals surface area contributed by atoms with E-state index in [1.165, 1.54) is 11.1 Å². The summed E-state index contributed by atoms with van der Waals surface area (Å²) in [6.07, 6.45) is 3.70. The van der Waals surface area contributed by atoms with Crippen molar-refractivity contribution in [3.63, 3.8) is 0 Å². The van der Waals surface area contributed by atoms with Gasteiger partial charge in [-0.15, -0.1) is 53.6 Å². The first-order valence-corrected chi connectivity index (χ1v) is 16.1. The van der Waals surface area contributed by atoms with Crippen molar-refractivity contribution < 1.29 is 25.9 Å². The Labute approximate surface area is 304 Å². The average molecular weight is 819 g/mol. The Hall–Kier alpha value is -4.88. The predicted octanol–water partition coefficient (Wildman–Crippen LogP) is 11.4. The van der Waals surface area contributed by atoms with Crippen LogP contribution in [0.4, 0.5) is 0 Å². The van der Waals surface area contributed by atoms with Crippen molar-refractivity contribution in [1.82, 2.24) is 9.97 Å². The van der Waals surface area contributed by atoms with E-state index < -0.39 is 0 Å². The fourth-order valence-electron chi connectivity index (χ4n) is 5.64. The van der Waals surface area contributed by atoms with E-state index >= 15 is 0 Å². The average Bonchev–Trinajstić information content (AvgIpc) is 3.49. The Kier molecular flexibility index (Phi) is 9.93. The molecule has 0 aliphatic heterocycles. The molecule has 0 N–H and O–H groups in total. The van der Waals surface area contributed by atoms with Crippen LogP contribution in [0.25, 0.3) is 55.6 Å². The van der Waals surface area contributed by atoms with Gasteiger partial charge in [-0.05, 0) is 59.3 Å². The molecule has 49 heavy (non-hydrogen) atoms. The summed E-state index contributed by atoms with van der Waals surface area (Å²) < 4.78 is 15.0. The molecule has 0 fully saturated rings. The first-order chi connectivity index (χ1) is 23.3. The molecule has 0 amide bonds. The smallest absolute Gasteiger partial charge is 0.130 e. The van der Waals surface area contributed by atoms with E-state index in [1.54, 1.807) is 18.3 Å². The van der Waals surface area contributed by atoms with Crippen LogP contribution in [-0.2, 0) is 30.9 Å². The van der Waals surface area contributed by atoms with Gasteiger partial charge in [0.2, 0.25) is 0 Å². The molecule has 0 aliphatic rings. The molecule has 7 rings (SSSR count). The van der Waals surface area contributed by atoms with E-state index in [2.05, 4.69) is 94.0 Å². The minimum absolute atomic E-state index is 0. The molecule has 7 aromatic rings. The summed E-state index contributed by atoms with van der Waals surface area (Å²) in [7, 11) is 0. The van der Waals surface area contributed by atoms with Gasteiger partial charge in [0.05, 0.1) is 17.2 Å². The number of pyridine rings is 2. The molecule has 4 nitrogen and oxygen atoms in total. The van der Waals surface area contributed by atoms with Crippen molar-refractivity contribution in [2.45, 2.75) is 59.3 Å². The van der Waals surface area contributed by atoms with E-state index in [0.29, 0.717) is 28.2 Å². The summed E-state index contributed by atoms with van der Waals surface area (Å²) in [5, 5.41) is 11.3. The number of nitrogens with zero attached hydrogens (tertiary/aromatic N) is 3. The van der Waals surface area contributed by atoms with Gasteiger partial charge < -0.3 is 14.4 Å². The number of fused-ring (bicyclic) bond motifs is 3. The normalized spacial score (nSPS) is 11.7. The Morgan fingerprint density at radius 3 is 2.16 bits per heavy atom. The third-order valence-corrected chi connectivity index (χ3v) is 8.44. The van der Waals surface area contributed by atoms with Crippen molar-refractivity contribution in [2.75, 3.05) is 0 Å². The number of aromatic nitrogens is 2. The molecule has 3 heterocycles. The van der Waals surface area contributed by atoms with E-state index in [0.717, 1.165) is 44.6 Å². The van der Waals surface area contributed by atoms with Crippen LogP contribution in [0.1, 0.15) is 65.2 Å². The van der Waals surface area contributed by atoms with Crippen LogP contribution >= 0.6 is 0 Å². The second kappa shape index (κ2) is 14.3. The van der Waals surface area contributed by atoms with Crippen molar-refractivity contribution in [1.29, 1.82) is 5.26 Å². The minimum Gasteiger partial charge on any atom is -0.500 e. The largest absolute Gasteiger partial charge is 0.500 e. The number of rotatable bonds is 3. The van der Waals surface area contributed by atoms with Crippen LogP contribution in [0.2, 0.25) is 0 Å². The van der Waals surface area contributed by atoms with Crippen molar-refractivity contribution in [2.24, 2.45) is 0 Å². The topological polar surface area (TPSA) is 62.7 Å². The van der Waals surface area contributed by atoms with Crippen LogP contribution in [-0.4, -0.2) is 9.97 Å². The SMILES string of the molecule is Cc1ccc(-c2[c-]ccc(C(C)(C)C)c2)nc1.[2H]c1c[c-]c(-c2cc(C(C)(C)C)ccn2)c2oc3c(-c4ccccc4)c(C#N)ccc3c12.[Ir]. The fraction of sp³-hybridized carbons (Fsp3) is 0.205. The molecule has 247 valence electrons. The van der Waals surface area contributed by atoms with Gasteiger partial charge in [0.1, 0.15) is 5.58 Å². The van der Waals surface area contributed by atoms with Gasteiger partial charge >= 0.3 is 0 Å². The molecule has 0 aliphatic carbocycles. The first kappa shape index (κ1) is 34.0. The van der Waals surface area contributed by atoms with E-state index in [1.807, 2.05) is 67.7 Å². The van der Waals surface area contributed by atoms with Crippen LogP contribution in [0, 0.1) is 30.4 Å². The maximum Gasteiger partial charge on any atom is 0.130 e. The van der Waals surface area contributed by atoms with Gasteiger partial charge in [0, 0.05) is 43.4 Å². The van der Waals surface area contributed by atoms with Crippen molar-refractivity contribution >= 4 is 21.9 Å². The Bertz CT molecular complexity index is 2320. The molecule has 0 unspecified atom stereocenters. The van der Waals surface area contributed by atoms with E-state index in [9.17, 15) is 5.26 Å². The monoisotopic (exact) mass is 819 g/mol. The zero-order valence-electron chi connectivity index (χ0n) is 29.9. The molecule has 0 saturated carbocycles. The van der Waals surface area contributed by atoms with Gasteiger partial charge in [-0.3, -0.25) is 0 Å². The second-order valence-corrected chi connectivity index (χ2v) is 14.1. The first-order valence-electron chi connectivity index (χ1n) is 16.6. The molecule has 0 saturated heterocycles. The molecule has 0 bridgehead atoms. The number of nitriles is 1. The number of hydrogen-bond donors (Lipinski definition) is 0. The van der Waals surface area contributed by atoms with Crippen LogP contribution in [0.3, 0.4) is 0 Å². The number of hydrogen-bond acceptors (Lipinski definition) is 4. The van der Waals surface area contributed by atoms with Gasteiger partial charge in [0.25, 0.3) is 0 Å². The Balaban J connectivity index is 0.000000229. The summed E-state index contributed by atoms with van der Waals surface area (Å²) in [5.41, 5.74) is 10.7. The third kappa shape index (κ3) is 7.57. The van der Waals surface area contributed by atoms with Crippen molar-refractivity contribution in [3.05, 3.63) is 144 Å². The summed E-state index contributed by atoms with van der Waals surface area (Å²) in [5.74, 6) is 0. The van der Waals surface area contributed by atoms with Crippen LogP contribution < -0.4 is 0 Å². The van der Waals surface area contributed by atoms with E-state index in [-0.39, 0.29) is 30.9 Å². The molecular formula is C44H39IrN3O-2. The summed E-state index contributed by atoms with van der Waals surface area (Å²) in [4.78, 5) is 9.02. The molecule has 0 spiro atoms. The van der Waals surface area contributed by atoms with Gasteiger partial charge in [-0.1, -0.05) is 107 Å². The Morgan fingerprint density at radius 1 is 0.755 bits per heavy atom. The maximum absolute atomic E-state index is 9.76. The second-order valence-electron chi connectivity index (χ2n) is 14.1. The quantitative estimate of drug-likeness (QED) is 0.167. The molecule has 4 aromatic carbocycles. The standard InChI is InChI=1S/C28H21N2O.C16H18N.Ir/c1-28(2,3)20-14-15-30-24(16-20)23-11-7-10-21-22-13-12-19(17-29)25(27(22)31-26(21)23)18-8-5-4-6-9-18;1-12-8-9-15(17-11-12)13-6-5-7-14(10-13)16(2,3)4;/h4-10,12-16H,1-3H3;5,7-11H,1-4H3;/q2*-1;/i10D;;. The summed E-state index contributed by atoms with van der Waals surface area (Å²) in [6, 6.07) is 38.7. The van der Waals surface area contributed by atoms with Crippen LogP contribution in [0.15, 0.2) is 114 Å². The molecule has 1 radical (unpaired) electrons. The molecule has 0 atom stereocenters. The predicted molar refractivity (Wildman–Crippen MR) is 197 cm³/mol. The van der Waals surface area contributed by atoms with Gasteiger partial charge in [-0.25, -0.2) is 0 Å². The molecule has 5 heteroatoms. The number of benzene rings is 4. The number of aryl methyl sites for hydroxylation is 1. The summed E-state index contributed by atoms with van der Waals surface area (Å²) >= 11 is 0. The van der Waals surface area contributed by atoms with Gasteiger partial charge in [0.15, 0.2) is 0 Å². The third-order valence-electron chi connectivity index (χ3n) is 8.44. The van der Waals surface area contributed by atoms with E-state index in [4.69, 9.17) is 5.79 Å². The fourth-order valence-corrected chi connectivity index (χ4v) is 5.64. The molecule has 3 aromatic heterocycles. The minimum atomic E-state index is -0.0256. The van der Waals surface area contributed by atoms with Crippen LogP contribution in [0.5, 0.6) is 0 Å². The zero-order chi connectivity index (χ0) is 34.9. The van der Waals surface area contributed by atoms with Gasteiger partial charge in [-0.2, -0.15) is 5.26 Å². The van der Waals surface area contributed by atoms with Crippen molar-refractivity contribution in [3.8, 4) is 39.7 Å². The molecular weight excluding hydrogens is 779 g/mol.